The molecule has 0 saturated heterocycles. The zero-order valence-electron chi connectivity index (χ0n) is 11.9. The van der Waals surface area contributed by atoms with Gasteiger partial charge in [-0.2, -0.15) is 0 Å². The van der Waals surface area contributed by atoms with E-state index in [9.17, 15) is 0 Å². The lowest BCUT2D eigenvalue weighted by Crippen LogP contribution is -2.00. The van der Waals surface area contributed by atoms with Crippen LogP contribution < -0.4 is 4.74 Å². The van der Waals surface area contributed by atoms with Gasteiger partial charge in [0.05, 0.1) is 13.2 Å². The van der Waals surface area contributed by atoms with Gasteiger partial charge in [-0.1, -0.05) is 28.1 Å². The van der Waals surface area contributed by atoms with Gasteiger partial charge < -0.3 is 9.30 Å². The third-order valence-corrected chi connectivity index (χ3v) is 4.55. The summed E-state index contributed by atoms with van der Waals surface area (Å²) in [5.41, 5.74) is 5.13. The first-order valence-corrected chi connectivity index (χ1v) is 7.99. The highest BCUT2D eigenvalue weighted by Gasteiger charge is 2.18. The minimum absolute atomic E-state index is 0.796. The van der Waals surface area contributed by atoms with Gasteiger partial charge >= 0.3 is 0 Å². The highest BCUT2D eigenvalue weighted by Crippen LogP contribution is 2.34. The first kappa shape index (κ1) is 13.0. The number of benzene rings is 2. The number of hydrogen-bond acceptors (Lipinski definition) is 1. The standard InChI is InChI=1S/C18H16BrNO/c1-12-2-3-13-4-6-20(17(13)8-12)11-15-10-16(19)9-14-5-7-21-18(14)15/h2-4,6,8-10H,5,7,11H2,1H3. The lowest BCUT2D eigenvalue weighted by atomic mass is 10.1. The summed E-state index contributed by atoms with van der Waals surface area (Å²) in [5, 5.41) is 1.29. The van der Waals surface area contributed by atoms with E-state index in [4.69, 9.17) is 4.74 Å². The summed E-state index contributed by atoms with van der Waals surface area (Å²) in [7, 11) is 0. The topological polar surface area (TPSA) is 14.2 Å². The Morgan fingerprint density at radius 2 is 2.10 bits per heavy atom. The number of aryl methyl sites for hydroxylation is 1. The average Bonchev–Trinajstić information content (AvgIpc) is 3.06. The third-order valence-electron chi connectivity index (χ3n) is 4.10. The third kappa shape index (κ3) is 2.26. The maximum absolute atomic E-state index is 5.83. The molecule has 3 heteroatoms. The Labute approximate surface area is 132 Å². The molecule has 0 saturated carbocycles. The summed E-state index contributed by atoms with van der Waals surface area (Å²) in [6.07, 6.45) is 3.17. The molecule has 0 atom stereocenters. The van der Waals surface area contributed by atoms with E-state index in [1.807, 2.05) is 0 Å². The largest absolute Gasteiger partial charge is 0.493 e. The maximum atomic E-state index is 5.83. The van der Waals surface area contributed by atoms with Crippen LogP contribution >= 0.6 is 15.9 Å². The lowest BCUT2D eigenvalue weighted by Gasteiger charge is -2.11. The van der Waals surface area contributed by atoms with Crippen LogP contribution in [0.5, 0.6) is 5.75 Å². The van der Waals surface area contributed by atoms with Crippen LogP contribution in [0.4, 0.5) is 0 Å². The van der Waals surface area contributed by atoms with Crippen molar-refractivity contribution >= 4 is 26.8 Å². The monoisotopic (exact) mass is 341 g/mol. The first-order chi connectivity index (χ1) is 10.2. The fourth-order valence-electron chi connectivity index (χ4n) is 3.08. The van der Waals surface area contributed by atoms with Crippen LogP contribution in [0, 0.1) is 6.92 Å². The highest BCUT2D eigenvalue weighted by atomic mass is 79.9. The van der Waals surface area contributed by atoms with Crippen molar-refractivity contribution in [1.29, 1.82) is 0 Å². The molecule has 2 nitrogen and oxygen atoms in total. The molecule has 0 aliphatic carbocycles. The highest BCUT2D eigenvalue weighted by molar-refractivity contribution is 9.10. The van der Waals surface area contributed by atoms with Crippen LogP contribution in [0.3, 0.4) is 0 Å². The van der Waals surface area contributed by atoms with E-state index < -0.39 is 0 Å². The number of ether oxygens (including phenoxy) is 1. The van der Waals surface area contributed by atoms with Crippen LogP contribution in [-0.4, -0.2) is 11.2 Å². The average molecular weight is 342 g/mol. The predicted octanol–water partition coefficient (Wildman–Crippen LogP) is 4.70. The van der Waals surface area contributed by atoms with Crippen LogP contribution in [0.2, 0.25) is 0 Å². The van der Waals surface area contributed by atoms with E-state index in [1.54, 1.807) is 0 Å². The Morgan fingerprint density at radius 3 is 3.00 bits per heavy atom. The molecule has 0 amide bonds. The number of nitrogens with zero attached hydrogens (tertiary/aromatic N) is 1. The van der Waals surface area contributed by atoms with Gasteiger partial charge in [-0.3, -0.25) is 0 Å². The number of hydrogen-bond donors (Lipinski definition) is 0. The molecule has 0 N–H and O–H groups in total. The Bertz CT molecular complexity index is 835. The molecule has 0 spiro atoms. The summed E-state index contributed by atoms with van der Waals surface area (Å²) >= 11 is 3.62. The first-order valence-electron chi connectivity index (χ1n) is 7.20. The molecule has 1 aromatic heterocycles. The van der Waals surface area contributed by atoms with Crippen LogP contribution in [-0.2, 0) is 13.0 Å². The number of aromatic nitrogens is 1. The number of rotatable bonds is 2. The quantitative estimate of drug-likeness (QED) is 0.659. The summed E-state index contributed by atoms with van der Waals surface area (Å²) in [5.74, 6) is 1.08. The van der Waals surface area contributed by atoms with Crippen LogP contribution in [0.25, 0.3) is 10.9 Å². The van der Waals surface area contributed by atoms with Gasteiger partial charge in [0.15, 0.2) is 0 Å². The van der Waals surface area contributed by atoms with E-state index in [0.717, 1.165) is 29.8 Å². The summed E-state index contributed by atoms with van der Waals surface area (Å²) in [6.45, 7) is 3.77. The molecule has 2 heterocycles. The summed E-state index contributed by atoms with van der Waals surface area (Å²) in [4.78, 5) is 0. The normalized spacial score (nSPS) is 13.4. The zero-order valence-corrected chi connectivity index (χ0v) is 13.5. The van der Waals surface area contributed by atoms with Gasteiger partial charge in [-0.25, -0.2) is 0 Å². The van der Waals surface area contributed by atoms with Crippen molar-refractivity contribution < 1.29 is 4.74 Å². The molecule has 3 aromatic rings. The van der Waals surface area contributed by atoms with Crippen molar-refractivity contribution in [2.24, 2.45) is 0 Å². The molecular formula is C18H16BrNO. The second-order valence-corrected chi connectivity index (χ2v) is 6.57. The minimum Gasteiger partial charge on any atom is -0.493 e. The molecule has 106 valence electrons. The zero-order chi connectivity index (χ0) is 14.4. The van der Waals surface area contributed by atoms with Gasteiger partial charge in [0.2, 0.25) is 0 Å². The Hall–Kier alpha value is -1.74. The lowest BCUT2D eigenvalue weighted by molar-refractivity contribution is 0.353. The molecule has 0 radical (unpaired) electrons. The molecule has 0 bridgehead atoms. The molecule has 1 aliphatic heterocycles. The van der Waals surface area contributed by atoms with Gasteiger partial charge in [0, 0.05) is 28.2 Å². The number of fused-ring (bicyclic) bond motifs is 2. The Morgan fingerprint density at radius 1 is 1.19 bits per heavy atom. The van der Waals surface area contributed by atoms with E-state index in [0.29, 0.717) is 0 Å². The SMILES string of the molecule is Cc1ccc2ccn(Cc3cc(Br)cc4c3OCC4)c2c1. The minimum atomic E-state index is 0.796. The summed E-state index contributed by atoms with van der Waals surface area (Å²) < 4.78 is 9.27. The van der Waals surface area contributed by atoms with Crippen molar-refractivity contribution in [2.45, 2.75) is 19.9 Å². The van der Waals surface area contributed by atoms with Crippen molar-refractivity contribution in [1.82, 2.24) is 4.57 Å². The molecule has 2 aromatic carbocycles. The van der Waals surface area contributed by atoms with E-state index in [-0.39, 0.29) is 0 Å². The molecule has 4 rings (SSSR count). The number of halogens is 1. The fourth-order valence-corrected chi connectivity index (χ4v) is 3.63. The Kier molecular flexibility index (Phi) is 3.03. The van der Waals surface area contributed by atoms with E-state index in [2.05, 4.69) is 70.0 Å². The van der Waals surface area contributed by atoms with Crippen molar-refractivity contribution in [2.75, 3.05) is 6.61 Å². The van der Waals surface area contributed by atoms with Crippen LogP contribution in [0.15, 0.2) is 47.1 Å². The predicted molar refractivity (Wildman–Crippen MR) is 89.1 cm³/mol. The van der Waals surface area contributed by atoms with Gasteiger partial charge in [0.25, 0.3) is 0 Å². The second kappa shape index (κ2) is 4.92. The van der Waals surface area contributed by atoms with Gasteiger partial charge in [0.1, 0.15) is 5.75 Å². The maximum Gasteiger partial charge on any atom is 0.127 e. The van der Waals surface area contributed by atoms with Crippen molar-refractivity contribution in [3.63, 3.8) is 0 Å². The molecule has 0 fully saturated rings. The molecule has 21 heavy (non-hydrogen) atoms. The molecular weight excluding hydrogens is 326 g/mol. The van der Waals surface area contributed by atoms with Crippen LogP contribution in [0.1, 0.15) is 16.7 Å². The van der Waals surface area contributed by atoms with Crippen molar-refractivity contribution in [3.05, 3.63) is 63.8 Å². The van der Waals surface area contributed by atoms with Crippen molar-refractivity contribution in [3.8, 4) is 5.75 Å². The second-order valence-electron chi connectivity index (χ2n) is 5.66. The van der Waals surface area contributed by atoms with E-state index >= 15 is 0 Å². The Balaban J connectivity index is 1.80. The smallest absolute Gasteiger partial charge is 0.127 e. The van der Waals surface area contributed by atoms with Gasteiger partial charge in [-0.05, 0) is 47.7 Å². The van der Waals surface area contributed by atoms with E-state index in [1.165, 1.54) is 27.6 Å². The van der Waals surface area contributed by atoms with Gasteiger partial charge in [-0.15, -0.1) is 0 Å². The fraction of sp³-hybridized carbons (Fsp3) is 0.222. The summed E-state index contributed by atoms with van der Waals surface area (Å²) in [6, 6.07) is 13.1. The molecule has 0 unspecified atom stereocenters. The molecule has 1 aliphatic rings.